The number of aromatic amines is 1. The van der Waals surface area contributed by atoms with Gasteiger partial charge in [0, 0.05) is 32.7 Å². The average molecular weight is 396 g/mol. The van der Waals surface area contributed by atoms with E-state index in [4.69, 9.17) is 0 Å². The fourth-order valence-corrected chi connectivity index (χ4v) is 4.91. The van der Waals surface area contributed by atoms with Gasteiger partial charge < -0.3 is 14.7 Å². The number of carbonyl (C=O) groups is 2. The predicted molar refractivity (Wildman–Crippen MR) is 111 cm³/mol. The number of likely N-dealkylation sites (N-methyl/N-ethyl adjacent to an activating group) is 1. The van der Waals surface area contributed by atoms with Crippen molar-refractivity contribution in [1.82, 2.24) is 24.9 Å². The number of nitrogens with one attached hydrogen (secondary N) is 1. The lowest BCUT2D eigenvalue weighted by molar-refractivity contribution is -0.151. The molecule has 2 fully saturated rings. The summed E-state index contributed by atoms with van der Waals surface area (Å²) < 4.78 is 0. The Hall–Kier alpha value is -2.67. The molecule has 2 amide bonds. The van der Waals surface area contributed by atoms with Gasteiger partial charge in [-0.25, -0.2) is 0 Å². The lowest BCUT2D eigenvalue weighted by atomic mass is 9.67. The molecular weight excluding hydrogens is 366 g/mol. The second-order valence-electron chi connectivity index (χ2n) is 8.52. The first-order valence-electron chi connectivity index (χ1n) is 10.2. The predicted octanol–water partition coefficient (Wildman–Crippen LogP) is 2.09. The molecular formula is C22H29N5O2. The highest BCUT2D eigenvalue weighted by molar-refractivity contribution is 5.95. The Kier molecular flexibility index (Phi) is 5.17. The van der Waals surface area contributed by atoms with Crippen molar-refractivity contribution in [3.63, 3.8) is 0 Å². The zero-order valence-electron chi connectivity index (χ0n) is 17.4. The van der Waals surface area contributed by atoms with Crippen LogP contribution in [-0.2, 0) is 4.79 Å². The van der Waals surface area contributed by atoms with Crippen LogP contribution in [-0.4, -0.2) is 83.5 Å². The number of rotatable bonds is 3. The van der Waals surface area contributed by atoms with Crippen molar-refractivity contribution < 1.29 is 9.59 Å². The highest BCUT2D eigenvalue weighted by Gasteiger charge is 2.54. The van der Waals surface area contributed by atoms with Crippen molar-refractivity contribution >= 4 is 11.8 Å². The normalized spacial score (nSPS) is 24.8. The maximum Gasteiger partial charge on any atom is 0.272 e. The van der Waals surface area contributed by atoms with Crippen LogP contribution in [0.4, 0.5) is 0 Å². The van der Waals surface area contributed by atoms with Crippen molar-refractivity contribution in [2.75, 3.05) is 40.8 Å². The number of hydrogen-bond acceptors (Lipinski definition) is 4. The summed E-state index contributed by atoms with van der Waals surface area (Å²) in [6, 6.07) is 11.5. The van der Waals surface area contributed by atoms with Crippen LogP contribution in [0.25, 0.3) is 11.3 Å². The van der Waals surface area contributed by atoms with Crippen molar-refractivity contribution in [3.05, 3.63) is 42.1 Å². The Morgan fingerprint density at radius 1 is 1.17 bits per heavy atom. The number of benzene rings is 1. The van der Waals surface area contributed by atoms with Crippen LogP contribution in [0, 0.1) is 5.41 Å². The monoisotopic (exact) mass is 395 g/mol. The van der Waals surface area contributed by atoms with Gasteiger partial charge in [-0.1, -0.05) is 30.3 Å². The van der Waals surface area contributed by atoms with Gasteiger partial charge in [0.2, 0.25) is 5.91 Å². The van der Waals surface area contributed by atoms with Crippen LogP contribution in [0.3, 0.4) is 0 Å². The summed E-state index contributed by atoms with van der Waals surface area (Å²) in [4.78, 5) is 32.5. The summed E-state index contributed by atoms with van der Waals surface area (Å²) in [6.45, 7) is 2.25. The van der Waals surface area contributed by atoms with Gasteiger partial charge in [0.1, 0.15) is 5.69 Å². The quantitative estimate of drug-likeness (QED) is 0.864. The molecule has 2 aliphatic rings. The fourth-order valence-electron chi connectivity index (χ4n) is 4.91. The summed E-state index contributed by atoms with van der Waals surface area (Å²) in [6.07, 6.45) is 2.46. The Bertz CT molecular complexity index is 894. The van der Waals surface area contributed by atoms with E-state index < -0.39 is 5.41 Å². The second-order valence-corrected chi connectivity index (χ2v) is 8.52. The van der Waals surface area contributed by atoms with Crippen molar-refractivity contribution in [2.24, 2.45) is 5.41 Å². The molecule has 1 aromatic carbocycles. The van der Waals surface area contributed by atoms with Crippen LogP contribution in [0.15, 0.2) is 36.4 Å². The average Bonchev–Trinajstić information content (AvgIpc) is 3.23. The van der Waals surface area contributed by atoms with Crippen molar-refractivity contribution in [2.45, 2.75) is 25.3 Å². The molecule has 154 valence electrons. The van der Waals surface area contributed by atoms with E-state index in [1.165, 1.54) is 0 Å². The van der Waals surface area contributed by atoms with E-state index >= 15 is 0 Å². The number of aromatic nitrogens is 2. The SMILES string of the molecule is CN1CC[C@]2(C(=O)N(C)C)CCCN(C(=O)c3cc(-c4ccccc4)n[nH]3)[C@H]2C1. The molecule has 1 aromatic heterocycles. The molecule has 7 nitrogen and oxygen atoms in total. The minimum absolute atomic E-state index is 0.0735. The Balaban J connectivity index is 1.64. The molecule has 2 aliphatic heterocycles. The Morgan fingerprint density at radius 3 is 2.66 bits per heavy atom. The lowest BCUT2D eigenvalue weighted by Crippen LogP contribution is -2.66. The molecule has 4 rings (SSSR count). The van der Waals surface area contributed by atoms with Crippen LogP contribution in [0.1, 0.15) is 29.8 Å². The largest absolute Gasteiger partial charge is 0.348 e. The Labute approximate surface area is 171 Å². The van der Waals surface area contributed by atoms with Gasteiger partial charge in [-0.2, -0.15) is 5.10 Å². The molecule has 0 aliphatic carbocycles. The zero-order valence-corrected chi connectivity index (χ0v) is 17.4. The van der Waals surface area contributed by atoms with Crippen LogP contribution >= 0.6 is 0 Å². The maximum absolute atomic E-state index is 13.5. The number of carbonyl (C=O) groups excluding carboxylic acids is 2. The number of fused-ring (bicyclic) bond motifs is 1. The van der Waals surface area contributed by atoms with Gasteiger partial charge in [0.05, 0.1) is 17.2 Å². The smallest absolute Gasteiger partial charge is 0.272 e. The standard InChI is InChI=1S/C22H29N5O2/c1-25(2)21(29)22-10-7-12-27(19(22)15-26(3)13-11-22)20(28)18-14-17(23-24-18)16-8-5-4-6-9-16/h4-6,8-9,14,19H,7,10-13,15H2,1-3H3,(H,23,24)/t19-,22+/m0/s1. The molecule has 1 N–H and O–H groups in total. The van der Waals surface area contributed by atoms with E-state index in [9.17, 15) is 9.59 Å². The summed E-state index contributed by atoms with van der Waals surface area (Å²) in [5.74, 6) is 0.0679. The topological polar surface area (TPSA) is 72.5 Å². The van der Waals surface area contributed by atoms with Gasteiger partial charge in [0.15, 0.2) is 0 Å². The Morgan fingerprint density at radius 2 is 1.93 bits per heavy atom. The molecule has 0 radical (unpaired) electrons. The zero-order chi connectivity index (χ0) is 20.6. The molecule has 2 atom stereocenters. The summed E-state index contributed by atoms with van der Waals surface area (Å²) in [7, 11) is 5.69. The number of likely N-dealkylation sites (tertiary alicyclic amines) is 2. The molecule has 0 saturated carbocycles. The van der Waals surface area contributed by atoms with E-state index in [0.717, 1.165) is 37.1 Å². The summed E-state index contributed by atoms with van der Waals surface area (Å²) >= 11 is 0. The van der Waals surface area contributed by atoms with Gasteiger partial charge in [-0.15, -0.1) is 0 Å². The molecule has 2 aromatic rings. The minimum atomic E-state index is -0.494. The van der Waals surface area contributed by atoms with Crippen LogP contribution in [0.5, 0.6) is 0 Å². The number of nitrogens with zero attached hydrogens (tertiary/aromatic N) is 4. The minimum Gasteiger partial charge on any atom is -0.348 e. The molecule has 3 heterocycles. The van der Waals surface area contributed by atoms with E-state index in [1.807, 2.05) is 55.4 Å². The van der Waals surface area contributed by atoms with Crippen molar-refractivity contribution in [1.29, 1.82) is 0 Å². The summed E-state index contributed by atoms with van der Waals surface area (Å²) in [5, 5.41) is 7.27. The molecule has 0 spiro atoms. The van der Waals surface area contributed by atoms with Crippen LogP contribution in [0.2, 0.25) is 0 Å². The summed E-state index contributed by atoms with van der Waals surface area (Å²) in [5.41, 5.74) is 1.70. The van der Waals surface area contributed by atoms with E-state index in [0.29, 0.717) is 18.8 Å². The first kappa shape index (κ1) is 19.6. The van der Waals surface area contributed by atoms with E-state index in [1.54, 1.807) is 4.90 Å². The van der Waals surface area contributed by atoms with E-state index in [2.05, 4.69) is 22.1 Å². The second kappa shape index (κ2) is 7.63. The van der Waals surface area contributed by atoms with Crippen molar-refractivity contribution in [3.8, 4) is 11.3 Å². The van der Waals surface area contributed by atoms with Gasteiger partial charge >= 0.3 is 0 Å². The lowest BCUT2D eigenvalue weighted by Gasteiger charge is -2.54. The molecule has 7 heteroatoms. The van der Waals surface area contributed by atoms with Gasteiger partial charge in [-0.05, 0) is 38.9 Å². The molecule has 29 heavy (non-hydrogen) atoms. The highest BCUT2D eigenvalue weighted by atomic mass is 16.2. The maximum atomic E-state index is 13.5. The number of piperidine rings is 2. The third-order valence-corrected chi connectivity index (χ3v) is 6.43. The number of amides is 2. The number of hydrogen-bond donors (Lipinski definition) is 1. The molecule has 0 bridgehead atoms. The number of H-pyrrole nitrogens is 1. The van der Waals surface area contributed by atoms with E-state index in [-0.39, 0.29) is 17.9 Å². The highest BCUT2D eigenvalue weighted by Crippen LogP contribution is 2.44. The third-order valence-electron chi connectivity index (χ3n) is 6.43. The van der Waals surface area contributed by atoms with Crippen LogP contribution < -0.4 is 0 Å². The third kappa shape index (κ3) is 3.44. The van der Waals surface area contributed by atoms with Gasteiger partial charge in [-0.3, -0.25) is 14.7 Å². The van der Waals surface area contributed by atoms with Gasteiger partial charge in [0.25, 0.3) is 5.91 Å². The first-order valence-corrected chi connectivity index (χ1v) is 10.2. The molecule has 0 unspecified atom stereocenters. The first-order chi connectivity index (χ1) is 13.9. The molecule has 2 saturated heterocycles. The fraction of sp³-hybridized carbons (Fsp3) is 0.500.